The Kier molecular flexibility index (Phi) is 5.42. The van der Waals surface area contributed by atoms with E-state index in [9.17, 15) is 9.59 Å². The summed E-state index contributed by atoms with van der Waals surface area (Å²) in [5.41, 5.74) is 0.903. The Morgan fingerprint density at radius 3 is 2.88 bits per heavy atom. The predicted molar refractivity (Wildman–Crippen MR) is 67.0 cm³/mol. The molecule has 17 heavy (non-hydrogen) atoms. The number of carboxylic acids is 1. The number of carbonyl (C=O) groups excluding carboxylic acids is 1. The Balaban J connectivity index is 2.46. The van der Waals surface area contributed by atoms with Gasteiger partial charge in [-0.1, -0.05) is 6.08 Å². The van der Waals surface area contributed by atoms with Gasteiger partial charge >= 0.3 is 5.97 Å². The molecule has 0 saturated carbocycles. The van der Waals surface area contributed by atoms with E-state index in [2.05, 4.69) is 11.9 Å². The topological polar surface area (TPSA) is 66.4 Å². The molecule has 1 unspecified atom stereocenters. The van der Waals surface area contributed by atoms with Gasteiger partial charge in [-0.05, 0) is 35.2 Å². The van der Waals surface area contributed by atoms with Crippen molar-refractivity contribution in [2.45, 2.75) is 25.3 Å². The molecule has 0 aliphatic carbocycles. The van der Waals surface area contributed by atoms with Gasteiger partial charge < -0.3 is 10.4 Å². The molecular weight excluding hydrogens is 238 g/mol. The number of rotatable bonds is 7. The van der Waals surface area contributed by atoms with Gasteiger partial charge in [-0.2, -0.15) is 11.3 Å². The average Bonchev–Trinajstić information content (AvgIpc) is 2.76. The van der Waals surface area contributed by atoms with Crippen LogP contribution in [-0.2, 0) is 16.0 Å². The molecule has 1 amide bonds. The summed E-state index contributed by atoms with van der Waals surface area (Å²) in [4.78, 5) is 22.5. The minimum atomic E-state index is -1.01. The van der Waals surface area contributed by atoms with Gasteiger partial charge in [-0.15, -0.1) is 6.58 Å². The highest BCUT2D eigenvalue weighted by molar-refractivity contribution is 7.07. The largest absolute Gasteiger partial charge is 0.480 e. The maximum atomic E-state index is 11.6. The molecule has 0 spiro atoms. The number of carboxylic acid groups (broad SMARTS) is 1. The molecule has 0 aromatic carbocycles. The van der Waals surface area contributed by atoms with Gasteiger partial charge in [-0.3, -0.25) is 4.79 Å². The molecule has 0 aliphatic rings. The molecule has 5 heteroatoms. The third-order valence-electron chi connectivity index (χ3n) is 2.24. The first-order chi connectivity index (χ1) is 8.13. The monoisotopic (exact) mass is 253 g/mol. The number of aliphatic carboxylic acids is 1. The summed E-state index contributed by atoms with van der Waals surface area (Å²) in [6.45, 7) is 3.53. The molecule has 1 aromatic heterocycles. The molecule has 0 bridgehead atoms. The standard InChI is InChI=1S/C12H15NO3S/c1-2-3-4-10(12(15)16)13-11(14)7-9-5-6-17-8-9/h2,5-6,8,10H,1,3-4,7H2,(H,13,14)(H,15,16). The Bertz CT molecular complexity index is 386. The third kappa shape index (κ3) is 4.82. The number of allylic oxidation sites excluding steroid dienone is 1. The maximum absolute atomic E-state index is 11.6. The molecule has 1 aromatic rings. The van der Waals surface area contributed by atoms with Gasteiger partial charge in [0.2, 0.25) is 5.91 Å². The van der Waals surface area contributed by atoms with Crippen LogP contribution in [0.2, 0.25) is 0 Å². The van der Waals surface area contributed by atoms with E-state index in [0.29, 0.717) is 12.8 Å². The average molecular weight is 253 g/mol. The molecule has 1 heterocycles. The smallest absolute Gasteiger partial charge is 0.326 e. The van der Waals surface area contributed by atoms with Gasteiger partial charge in [0, 0.05) is 0 Å². The van der Waals surface area contributed by atoms with Crippen molar-refractivity contribution < 1.29 is 14.7 Å². The molecule has 0 aliphatic heterocycles. The van der Waals surface area contributed by atoms with Crippen LogP contribution in [-0.4, -0.2) is 23.0 Å². The second-order valence-corrected chi connectivity index (χ2v) is 4.41. The lowest BCUT2D eigenvalue weighted by atomic mass is 10.1. The van der Waals surface area contributed by atoms with E-state index in [0.717, 1.165) is 5.56 Å². The van der Waals surface area contributed by atoms with Crippen LogP contribution >= 0.6 is 11.3 Å². The summed E-state index contributed by atoms with van der Waals surface area (Å²) >= 11 is 1.51. The van der Waals surface area contributed by atoms with Gasteiger partial charge in [0.1, 0.15) is 6.04 Å². The van der Waals surface area contributed by atoms with Crippen LogP contribution in [0.3, 0.4) is 0 Å². The summed E-state index contributed by atoms with van der Waals surface area (Å²) in [7, 11) is 0. The van der Waals surface area contributed by atoms with Crippen LogP contribution in [0, 0.1) is 0 Å². The highest BCUT2D eigenvalue weighted by Crippen LogP contribution is 2.07. The second-order valence-electron chi connectivity index (χ2n) is 3.63. The Hall–Kier alpha value is -1.62. The lowest BCUT2D eigenvalue weighted by Gasteiger charge is -2.13. The van der Waals surface area contributed by atoms with E-state index in [1.54, 1.807) is 6.08 Å². The zero-order chi connectivity index (χ0) is 12.7. The first-order valence-corrected chi connectivity index (χ1v) is 6.22. The van der Waals surface area contributed by atoms with Crippen molar-refractivity contribution in [3.05, 3.63) is 35.0 Å². The predicted octanol–water partition coefficient (Wildman–Crippen LogP) is 1.83. The van der Waals surface area contributed by atoms with E-state index in [4.69, 9.17) is 5.11 Å². The number of amides is 1. The highest BCUT2D eigenvalue weighted by atomic mass is 32.1. The molecule has 1 rings (SSSR count). The zero-order valence-electron chi connectivity index (χ0n) is 9.39. The number of nitrogens with one attached hydrogen (secondary N) is 1. The van der Waals surface area contributed by atoms with E-state index < -0.39 is 12.0 Å². The summed E-state index contributed by atoms with van der Waals surface area (Å²) in [5.74, 6) is -1.27. The number of hydrogen-bond donors (Lipinski definition) is 2. The molecule has 2 N–H and O–H groups in total. The molecule has 92 valence electrons. The normalized spacial score (nSPS) is 11.8. The SMILES string of the molecule is C=CCCC(NC(=O)Cc1ccsc1)C(=O)O. The van der Waals surface area contributed by atoms with Crippen LogP contribution in [0.4, 0.5) is 0 Å². The molecule has 0 radical (unpaired) electrons. The number of thiophene rings is 1. The summed E-state index contributed by atoms with van der Waals surface area (Å²) in [6, 6.07) is 1.02. The van der Waals surface area contributed by atoms with Gasteiger partial charge in [0.25, 0.3) is 0 Å². The van der Waals surface area contributed by atoms with E-state index in [1.165, 1.54) is 11.3 Å². The van der Waals surface area contributed by atoms with E-state index >= 15 is 0 Å². The summed E-state index contributed by atoms with van der Waals surface area (Å²) in [6.07, 6.45) is 2.80. The zero-order valence-corrected chi connectivity index (χ0v) is 10.2. The Morgan fingerprint density at radius 1 is 1.59 bits per heavy atom. The summed E-state index contributed by atoms with van der Waals surface area (Å²) in [5, 5.41) is 15.2. The third-order valence-corrected chi connectivity index (χ3v) is 2.97. The highest BCUT2D eigenvalue weighted by Gasteiger charge is 2.18. The van der Waals surface area contributed by atoms with Crippen LogP contribution in [0.15, 0.2) is 29.5 Å². The van der Waals surface area contributed by atoms with Gasteiger partial charge in [-0.25, -0.2) is 4.79 Å². The first-order valence-electron chi connectivity index (χ1n) is 5.27. The minimum Gasteiger partial charge on any atom is -0.480 e. The van der Waals surface area contributed by atoms with Crippen molar-refractivity contribution in [1.29, 1.82) is 0 Å². The summed E-state index contributed by atoms with van der Waals surface area (Å²) < 4.78 is 0. The van der Waals surface area contributed by atoms with Crippen LogP contribution in [0.1, 0.15) is 18.4 Å². The van der Waals surface area contributed by atoms with Gasteiger partial charge in [0.05, 0.1) is 6.42 Å². The first kappa shape index (κ1) is 13.4. The molecular formula is C12H15NO3S. The Labute approximate surface area is 104 Å². The lowest BCUT2D eigenvalue weighted by Crippen LogP contribution is -2.41. The molecule has 1 atom stereocenters. The fraction of sp³-hybridized carbons (Fsp3) is 0.333. The number of carbonyl (C=O) groups is 2. The van der Waals surface area contributed by atoms with Crippen molar-refractivity contribution in [1.82, 2.24) is 5.32 Å². The maximum Gasteiger partial charge on any atom is 0.326 e. The van der Waals surface area contributed by atoms with Crippen molar-refractivity contribution in [2.24, 2.45) is 0 Å². The van der Waals surface area contributed by atoms with E-state index in [1.807, 2.05) is 16.8 Å². The fourth-order valence-corrected chi connectivity index (χ4v) is 2.03. The molecule has 0 fully saturated rings. The number of hydrogen-bond acceptors (Lipinski definition) is 3. The van der Waals surface area contributed by atoms with Crippen molar-refractivity contribution in [3.8, 4) is 0 Å². The van der Waals surface area contributed by atoms with Crippen molar-refractivity contribution in [2.75, 3.05) is 0 Å². The van der Waals surface area contributed by atoms with Crippen molar-refractivity contribution in [3.63, 3.8) is 0 Å². The fourth-order valence-electron chi connectivity index (χ4n) is 1.37. The molecule has 4 nitrogen and oxygen atoms in total. The quantitative estimate of drug-likeness (QED) is 0.728. The lowest BCUT2D eigenvalue weighted by molar-refractivity contribution is -0.141. The Morgan fingerprint density at radius 2 is 2.35 bits per heavy atom. The second kappa shape index (κ2) is 6.85. The molecule has 0 saturated heterocycles. The van der Waals surface area contributed by atoms with Crippen molar-refractivity contribution >= 4 is 23.2 Å². The van der Waals surface area contributed by atoms with E-state index in [-0.39, 0.29) is 12.3 Å². The van der Waals surface area contributed by atoms with Crippen LogP contribution < -0.4 is 5.32 Å². The van der Waals surface area contributed by atoms with Crippen LogP contribution in [0.5, 0.6) is 0 Å². The minimum absolute atomic E-state index is 0.224. The van der Waals surface area contributed by atoms with Crippen LogP contribution in [0.25, 0.3) is 0 Å². The van der Waals surface area contributed by atoms with Gasteiger partial charge in [0.15, 0.2) is 0 Å².